The molecule has 0 bridgehead atoms. The van der Waals surface area contributed by atoms with Gasteiger partial charge in [0.2, 0.25) is 0 Å². The number of alkyl halides is 6. The molecule has 0 saturated heterocycles. The third-order valence-electron chi connectivity index (χ3n) is 4.08. The van der Waals surface area contributed by atoms with Gasteiger partial charge in [-0.05, 0) is 31.0 Å². The highest BCUT2D eigenvalue weighted by molar-refractivity contribution is 5.89. The van der Waals surface area contributed by atoms with Gasteiger partial charge in [0.25, 0.3) is 0 Å². The standard InChI is InChI=1S/C18H13F6NO5/c1-28-12-6-9(30-18(22,23)24)4-5-11(12)29-13-7-10(17(19,20)21)14(8-2-3-8)25-15(13)16(26)27/h4-8H,2-3H2,1H3,(H,26,27). The number of hydrogen-bond acceptors (Lipinski definition) is 5. The van der Waals surface area contributed by atoms with Gasteiger partial charge in [-0.3, -0.25) is 0 Å². The number of hydrogen-bond donors (Lipinski definition) is 1. The molecule has 1 aromatic heterocycles. The van der Waals surface area contributed by atoms with Crippen molar-refractivity contribution in [3.63, 3.8) is 0 Å². The molecule has 6 nitrogen and oxygen atoms in total. The zero-order valence-corrected chi connectivity index (χ0v) is 15.1. The summed E-state index contributed by atoms with van der Waals surface area (Å²) in [7, 11) is 1.08. The number of pyridine rings is 1. The molecule has 0 atom stereocenters. The third kappa shape index (κ3) is 4.86. The van der Waals surface area contributed by atoms with Crippen LogP contribution in [-0.2, 0) is 6.18 Å². The zero-order valence-electron chi connectivity index (χ0n) is 15.1. The molecule has 0 spiro atoms. The quantitative estimate of drug-likeness (QED) is 0.612. The lowest BCUT2D eigenvalue weighted by Crippen LogP contribution is -2.17. The van der Waals surface area contributed by atoms with Crippen molar-refractivity contribution < 1.29 is 50.5 Å². The first-order valence-electron chi connectivity index (χ1n) is 8.36. The lowest BCUT2D eigenvalue weighted by Gasteiger charge is -2.17. The van der Waals surface area contributed by atoms with Crippen LogP contribution in [0.4, 0.5) is 26.3 Å². The molecule has 1 fully saturated rings. The van der Waals surface area contributed by atoms with E-state index in [2.05, 4.69) is 9.72 Å². The Kier molecular flexibility index (Phi) is 5.44. The number of aromatic nitrogens is 1. The minimum Gasteiger partial charge on any atom is -0.493 e. The fourth-order valence-corrected chi connectivity index (χ4v) is 2.68. The largest absolute Gasteiger partial charge is 0.573 e. The summed E-state index contributed by atoms with van der Waals surface area (Å²) < 4.78 is 91.3. The van der Waals surface area contributed by atoms with Crippen LogP contribution in [0.5, 0.6) is 23.0 Å². The predicted molar refractivity (Wildman–Crippen MR) is 87.9 cm³/mol. The van der Waals surface area contributed by atoms with Gasteiger partial charge in [-0.15, -0.1) is 13.2 Å². The van der Waals surface area contributed by atoms with Crippen LogP contribution in [0.3, 0.4) is 0 Å². The topological polar surface area (TPSA) is 77.9 Å². The van der Waals surface area contributed by atoms with E-state index in [4.69, 9.17) is 9.47 Å². The van der Waals surface area contributed by atoms with Crippen LogP contribution in [0, 0.1) is 0 Å². The second kappa shape index (κ2) is 7.58. The molecule has 0 unspecified atom stereocenters. The predicted octanol–water partition coefficient (Wildman–Crippen LogP) is 5.38. The van der Waals surface area contributed by atoms with E-state index in [1.165, 1.54) is 0 Å². The number of carboxylic acids is 1. The highest BCUT2D eigenvalue weighted by Gasteiger charge is 2.41. The van der Waals surface area contributed by atoms with Crippen LogP contribution in [0.25, 0.3) is 0 Å². The molecule has 12 heteroatoms. The van der Waals surface area contributed by atoms with Crippen LogP contribution in [0.15, 0.2) is 24.3 Å². The van der Waals surface area contributed by atoms with Gasteiger partial charge >= 0.3 is 18.5 Å². The molecule has 1 aliphatic carbocycles. The maximum atomic E-state index is 13.5. The van der Waals surface area contributed by atoms with Crippen molar-refractivity contribution in [3.8, 4) is 23.0 Å². The SMILES string of the molecule is COc1cc(OC(F)(F)F)ccc1Oc1cc(C(F)(F)F)c(C2CC2)nc1C(=O)O. The van der Waals surface area contributed by atoms with Gasteiger partial charge in [0.15, 0.2) is 22.9 Å². The molecule has 162 valence electrons. The maximum absolute atomic E-state index is 13.5. The van der Waals surface area contributed by atoms with E-state index in [-0.39, 0.29) is 17.2 Å². The number of benzene rings is 1. The third-order valence-corrected chi connectivity index (χ3v) is 4.08. The highest BCUT2D eigenvalue weighted by atomic mass is 19.4. The molecular formula is C18H13F6NO5. The van der Waals surface area contributed by atoms with Crippen molar-refractivity contribution in [3.05, 3.63) is 41.2 Å². The summed E-state index contributed by atoms with van der Waals surface area (Å²) in [6.45, 7) is 0. The van der Waals surface area contributed by atoms with Gasteiger partial charge < -0.3 is 19.3 Å². The number of methoxy groups -OCH3 is 1. The smallest absolute Gasteiger partial charge is 0.493 e. The summed E-state index contributed by atoms with van der Waals surface area (Å²) in [5.41, 5.74) is -2.28. The van der Waals surface area contributed by atoms with Gasteiger partial charge in [-0.2, -0.15) is 13.2 Å². The highest BCUT2D eigenvalue weighted by Crippen LogP contribution is 2.47. The Balaban J connectivity index is 2.04. The Labute approximate surface area is 165 Å². The van der Waals surface area contributed by atoms with E-state index in [0.717, 1.165) is 25.3 Å². The lowest BCUT2D eigenvalue weighted by molar-refractivity contribution is -0.274. The Hall–Kier alpha value is -3.18. The molecule has 1 heterocycles. The van der Waals surface area contributed by atoms with E-state index in [9.17, 15) is 36.2 Å². The fraction of sp³-hybridized carbons (Fsp3) is 0.333. The number of carboxylic acid groups (broad SMARTS) is 1. The van der Waals surface area contributed by atoms with Crippen molar-refractivity contribution in [1.29, 1.82) is 0 Å². The van der Waals surface area contributed by atoms with Gasteiger partial charge in [-0.1, -0.05) is 0 Å². The Bertz CT molecular complexity index is 969. The van der Waals surface area contributed by atoms with Crippen LogP contribution in [-0.4, -0.2) is 29.5 Å². The van der Waals surface area contributed by atoms with Crippen LogP contribution < -0.4 is 14.2 Å². The first-order valence-corrected chi connectivity index (χ1v) is 8.36. The molecule has 1 saturated carbocycles. The number of ether oxygens (including phenoxy) is 3. The summed E-state index contributed by atoms with van der Waals surface area (Å²) >= 11 is 0. The zero-order chi connectivity index (χ0) is 22.3. The van der Waals surface area contributed by atoms with Crippen molar-refractivity contribution in [2.24, 2.45) is 0 Å². The second-order valence-corrected chi connectivity index (χ2v) is 6.31. The maximum Gasteiger partial charge on any atom is 0.573 e. The van der Waals surface area contributed by atoms with Crippen LogP contribution in [0.1, 0.15) is 40.5 Å². The molecule has 1 aliphatic rings. The van der Waals surface area contributed by atoms with E-state index >= 15 is 0 Å². The Morgan fingerprint density at radius 3 is 2.23 bits per heavy atom. The monoisotopic (exact) mass is 437 g/mol. The van der Waals surface area contributed by atoms with Crippen LogP contribution in [0.2, 0.25) is 0 Å². The van der Waals surface area contributed by atoms with E-state index in [1.807, 2.05) is 0 Å². The normalized spacial score (nSPS) is 14.4. The molecule has 1 N–H and O–H groups in total. The average molecular weight is 437 g/mol. The summed E-state index contributed by atoms with van der Waals surface area (Å²) in [5.74, 6) is -4.18. The minimum absolute atomic E-state index is 0.326. The van der Waals surface area contributed by atoms with Gasteiger partial charge in [-0.25, -0.2) is 9.78 Å². The Morgan fingerprint density at radius 1 is 1.07 bits per heavy atom. The van der Waals surface area contributed by atoms with Crippen LogP contribution >= 0.6 is 0 Å². The fourth-order valence-electron chi connectivity index (χ4n) is 2.68. The van der Waals surface area contributed by atoms with Gasteiger partial charge in [0, 0.05) is 12.0 Å². The van der Waals surface area contributed by atoms with Gasteiger partial charge in [0.1, 0.15) is 5.75 Å². The number of carbonyl (C=O) groups is 1. The summed E-state index contributed by atoms with van der Waals surface area (Å²) in [6.07, 6.45) is -8.89. The molecule has 1 aromatic carbocycles. The first-order chi connectivity index (χ1) is 13.9. The van der Waals surface area contributed by atoms with E-state index in [1.54, 1.807) is 0 Å². The number of halogens is 6. The van der Waals surface area contributed by atoms with E-state index in [0.29, 0.717) is 18.9 Å². The molecule has 2 aromatic rings. The molecule has 0 radical (unpaired) electrons. The van der Waals surface area contributed by atoms with Crippen molar-refractivity contribution >= 4 is 5.97 Å². The van der Waals surface area contributed by atoms with Crippen molar-refractivity contribution in [2.75, 3.05) is 7.11 Å². The summed E-state index contributed by atoms with van der Waals surface area (Å²) in [4.78, 5) is 15.2. The number of rotatable bonds is 6. The van der Waals surface area contributed by atoms with Crippen molar-refractivity contribution in [1.82, 2.24) is 4.98 Å². The lowest BCUT2D eigenvalue weighted by atomic mass is 10.1. The van der Waals surface area contributed by atoms with Crippen molar-refractivity contribution in [2.45, 2.75) is 31.3 Å². The summed E-state index contributed by atoms with van der Waals surface area (Å²) in [6, 6.07) is 3.08. The Morgan fingerprint density at radius 2 is 1.73 bits per heavy atom. The molecule has 3 rings (SSSR count). The van der Waals surface area contributed by atoms with E-state index < -0.39 is 47.2 Å². The molecular weight excluding hydrogens is 424 g/mol. The van der Waals surface area contributed by atoms with Gasteiger partial charge in [0.05, 0.1) is 18.4 Å². The minimum atomic E-state index is -4.98. The number of nitrogens with zero attached hydrogens (tertiary/aromatic N) is 1. The molecule has 0 amide bonds. The summed E-state index contributed by atoms with van der Waals surface area (Å²) in [5, 5.41) is 9.36. The molecule has 0 aliphatic heterocycles. The first kappa shape index (κ1) is 21.5. The average Bonchev–Trinajstić information content (AvgIpc) is 3.45. The second-order valence-electron chi connectivity index (χ2n) is 6.31. The molecule has 30 heavy (non-hydrogen) atoms. The number of aromatic carboxylic acids is 1.